The van der Waals surface area contributed by atoms with Crippen molar-refractivity contribution in [2.45, 2.75) is 6.92 Å². The van der Waals surface area contributed by atoms with E-state index in [0.29, 0.717) is 11.3 Å². The molecule has 5 nitrogen and oxygen atoms in total. The quantitative estimate of drug-likeness (QED) is 0.784. The third kappa shape index (κ3) is 2.34. The molecule has 0 unspecified atom stereocenters. The molecule has 0 bridgehead atoms. The van der Waals surface area contributed by atoms with Crippen LogP contribution in [0, 0.1) is 6.92 Å². The van der Waals surface area contributed by atoms with E-state index < -0.39 is 11.2 Å². The average molecular weight is 246 g/mol. The Morgan fingerprint density at radius 1 is 1.40 bits per heavy atom. The lowest BCUT2D eigenvalue weighted by molar-refractivity contribution is 1.04. The molecule has 2 rings (SSSR count). The normalized spacial score (nSPS) is 9.67. The van der Waals surface area contributed by atoms with Gasteiger partial charge in [0.15, 0.2) is 0 Å². The van der Waals surface area contributed by atoms with Gasteiger partial charge >= 0.3 is 5.69 Å². The Hall–Kier alpha value is -1.40. The predicted octanol–water partition coefficient (Wildman–Crippen LogP) is 0.917. The molecule has 0 aromatic carbocycles. The molecule has 0 saturated carbocycles. The fourth-order valence-corrected chi connectivity index (χ4v) is 1.70. The van der Waals surface area contributed by atoms with Gasteiger partial charge in [-0.1, -0.05) is 0 Å². The van der Waals surface area contributed by atoms with E-state index in [1.165, 1.54) is 17.5 Å². The van der Waals surface area contributed by atoms with Gasteiger partial charge in [-0.25, -0.2) is 9.78 Å². The Morgan fingerprint density at radius 3 is 2.67 bits per heavy atom. The molecule has 0 radical (unpaired) electrons. The zero-order valence-corrected chi connectivity index (χ0v) is 9.37. The number of hydrogen-bond acceptors (Lipinski definition) is 4. The summed E-state index contributed by atoms with van der Waals surface area (Å²) in [5.74, 6) is 0. The first-order valence-corrected chi connectivity index (χ1v) is 4.79. The number of aromatic amines is 2. The Morgan fingerprint density at radius 2 is 2.13 bits per heavy atom. The largest absolute Gasteiger partial charge is 0.325 e. The highest BCUT2D eigenvalue weighted by atomic mass is 35.5. The van der Waals surface area contributed by atoms with Crippen LogP contribution in [0.15, 0.2) is 21.2 Å². The number of aryl methyl sites for hydroxylation is 1. The topological polar surface area (TPSA) is 78.6 Å². The van der Waals surface area contributed by atoms with Crippen molar-refractivity contribution in [2.24, 2.45) is 0 Å². The van der Waals surface area contributed by atoms with E-state index in [9.17, 15) is 9.59 Å². The van der Waals surface area contributed by atoms with Crippen LogP contribution in [0.3, 0.4) is 0 Å². The zero-order chi connectivity index (χ0) is 10.1. The van der Waals surface area contributed by atoms with Gasteiger partial charge < -0.3 is 4.98 Å². The summed E-state index contributed by atoms with van der Waals surface area (Å²) in [4.78, 5) is 30.8. The minimum atomic E-state index is -0.509. The number of thiazole rings is 1. The molecule has 0 fully saturated rings. The van der Waals surface area contributed by atoms with E-state index in [1.807, 2.05) is 6.92 Å². The van der Waals surface area contributed by atoms with Gasteiger partial charge in [0, 0.05) is 11.6 Å². The standard InChI is InChI=1S/C8H7N3O2S.ClH/c1-4-10-6(3-14-4)5-2-9-8(13)11-7(5)12;/h2-3H,1H3,(H2,9,11,12,13);1H. The van der Waals surface area contributed by atoms with Crippen LogP contribution < -0.4 is 11.2 Å². The van der Waals surface area contributed by atoms with Crippen LogP contribution in [0.2, 0.25) is 0 Å². The van der Waals surface area contributed by atoms with Gasteiger partial charge in [0.2, 0.25) is 0 Å². The van der Waals surface area contributed by atoms with Crippen LogP contribution in [0.4, 0.5) is 0 Å². The van der Waals surface area contributed by atoms with Gasteiger partial charge in [0.05, 0.1) is 16.3 Å². The number of H-pyrrole nitrogens is 2. The van der Waals surface area contributed by atoms with Crippen LogP contribution in [0.5, 0.6) is 0 Å². The first-order chi connectivity index (χ1) is 6.66. The lowest BCUT2D eigenvalue weighted by Crippen LogP contribution is -2.22. The lowest BCUT2D eigenvalue weighted by atomic mass is 10.3. The SMILES string of the molecule is Cc1nc(-c2c[nH]c(=O)[nH]c2=O)cs1.Cl. The number of rotatable bonds is 1. The Balaban J connectivity index is 0.00000112. The Bertz CT molecular complexity index is 572. The van der Waals surface area contributed by atoms with Gasteiger partial charge in [-0.15, -0.1) is 23.7 Å². The van der Waals surface area contributed by atoms with E-state index in [0.717, 1.165) is 5.01 Å². The number of hydrogen-bond donors (Lipinski definition) is 2. The molecule has 80 valence electrons. The molecule has 7 heteroatoms. The molecule has 2 N–H and O–H groups in total. The van der Waals surface area contributed by atoms with Crippen molar-refractivity contribution in [3.8, 4) is 11.3 Å². The van der Waals surface area contributed by atoms with Crippen LogP contribution in [-0.2, 0) is 0 Å². The number of halogens is 1. The molecule has 2 heterocycles. The molecule has 0 amide bonds. The van der Waals surface area contributed by atoms with Crippen molar-refractivity contribution in [3.05, 3.63) is 37.4 Å². The van der Waals surface area contributed by atoms with Crippen LogP contribution in [0.1, 0.15) is 5.01 Å². The predicted molar refractivity (Wildman–Crippen MR) is 60.8 cm³/mol. The van der Waals surface area contributed by atoms with Crippen molar-refractivity contribution in [3.63, 3.8) is 0 Å². The van der Waals surface area contributed by atoms with Crippen LogP contribution >= 0.6 is 23.7 Å². The molecule has 0 atom stereocenters. The maximum atomic E-state index is 11.3. The van der Waals surface area contributed by atoms with Crippen molar-refractivity contribution >= 4 is 23.7 Å². The summed E-state index contributed by atoms with van der Waals surface area (Å²) in [6.45, 7) is 1.86. The van der Waals surface area contributed by atoms with E-state index in [4.69, 9.17) is 0 Å². The first-order valence-electron chi connectivity index (χ1n) is 3.91. The highest BCUT2D eigenvalue weighted by molar-refractivity contribution is 7.09. The molecular formula is C8H8ClN3O2S. The fourth-order valence-electron chi connectivity index (χ4n) is 1.09. The van der Waals surface area contributed by atoms with E-state index >= 15 is 0 Å². The molecule has 0 aliphatic rings. The van der Waals surface area contributed by atoms with Gasteiger partial charge in [-0.3, -0.25) is 9.78 Å². The summed E-state index contributed by atoms with van der Waals surface area (Å²) in [5.41, 5.74) is 0.0451. The van der Waals surface area contributed by atoms with Crippen molar-refractivity contribution < 1.29 is 0 Å². The molecule has 0 aliphatic carbocycles. The van der Waals surface area contributed by atoms with Crippen molar-refractivity contribution in [2.75, 3.05) is 0 Å². The summed E-state index contributed by atoms with van der Waals surface area (Å²) in [6.07, 6.45) is 1.37. The van der Waals surface area contributed by atoms with E-state index in [2.05, 4.69) is 15.0 Å². The van der Waals surface area contributed by atoms with Gasteiger partial charge in [-0.2, -0.15) is 0 Å². The second kappa shape index (κ2) is 4.41. The minimum Gasteiger partial charge on any atom is -0.313 e. The first kappa shape index (κ1) is 11.7. The Labute approximate surface area is 94.6 Å². The number of nitrogens with zero attached hydrogens (tertiary/aromatic N) is 1. The highest BCUT2D eigenvalue weighted by Crippen LogP contribution is 2.16. The highest BCUT2D eigenvalue weighted by Gasteiger charge is 2.06. The smallest absolute Gasteiger partial charge is 0.313 e. The summed E-state index contributed by atoms with van der Waals surface area (Å²) in [5, 5.41) is 2.66. The molecular weight excluding hydrogens is 238 g/mol. The third-order valence-electron chi connectivity index (χ3n) is 1.71. The molecule has 2 aromatic heterocycles. The second-order valence-electron chi connectivity index (χ2n) is 2.74. The molecule has 0 saturated heterocycles. The van der Waals surface area contributed by atoms with Gasteiger partial charge in [0.25, 0.3) is 5.56 Å². The maximum absolute atomic E-state index is 11.3. The molecule has 0 spiro atoms. The van der Waals surface area contributed by atoms with Gasteiger partial charge in [-0.05, 0) is 6.92 Å². The maximum Gasteiger partial charge on any atom is 0.325 e. The van der Waals surface area contributed by atoms with Crippen LogP contribution in [0.25, 0.3) is 11.3 Å². The lowest BCUT2D eigenvalue weighted by Gasteiger charge is -1.92. The summed E-state index contributed by atoms with van der Waals surface area (Å²) in [6, 6.07) is 0. The summed E-state index contributed by atoms with van der Waals surface area (Å²) < 4.78 is 0. The number of aromatic nitrogens is 3. The summed E-state index contributed by atoms with van der Waals surface area (Å²) in [7, 11) is 0. The molecule has 0 aliphatic heterocycles. The zero-order valence-electron chi connectivity index (χ0n) is 7.73. The molecule has 15 heavy (non-hydrogen) atoms. The second-order valence-corrected chi connectivity index (χ2v) is 3.80. The minimum absolute atomic E-state index is 0. The summed E-state index contributed by atoms with van der Waals surface area (Å²) >= 11 is 1.46. The average Bonchev–Trinajstić information content (AvgIpc) is 2.51. The molecule has 2 aromatic rings. The van der Waals surface area contributed by atoms with Gasteiger partial charge in [0.1, 0.15) is 0 Å². The fraction of sp³-hybridized carbons (Fsp3) is 0.125. The number of nitrogens with one attached hydrogen (secondary N) is 2. The monoisotopic (exact) mass is 245 g/mol. The van der Waals surface area contributed by atoms with Crippen molar-refractivity contribution in [1.29, 1.82) is 0 Å². The van der Waals surface area contributed by atoms with E-state index in [1.54, 1.807) is 5.38 Å². The van der Waals surface area contributed by atoms with Crippen molar-refractivity contribution in [1.82, 2.24) is 15.0 Å². The van der Waals surface area contributed by atoms with Crippen LogP contribution in [-0.4, -0.2) is 15.0 Å². The Kier molecular flexibility index (Phi) is 3.43. The third-order valence-corrected chi connectivity index (χ3v) is 2.49. The van der Waals surface area contributed by atoms with E-state index in [-0.39, 0.29) is 12.4 Å².